The molecular formula is C18H12ClFN2O5. The van der Waals surface area contributed by atoms with Gasteiger partial charge < -0.3 is 14.8 Å². The highest BCUT2D eigenvalue weighted by Crippen LogP contribution is 2.20. The van der Waals surface area contributed by atoms with Gasteiger partial charge in [-0.25, -0.2) is 18.5 Å². The molecule has 0 saturated carbocycles. The van der Waals surface area contributed by atoms with Crippen molar-refractivity contribution in [3.8, 4) is 11.4 Å². The zero-order valence-electron chi connectivity index (χ0n) is 13.6. The standard InChI is InChI=1S/C18H12ClFN2O5/c19-11-3-1-10(2-4-11)9-27-12-5-6-15(13(20)7-12)22-16(23)8-14(17(24)25)21-18(22)26/h1-8H,9H2,(H,21,26)(H,24,25). The summed E-state index contributed by atoms with van der Waals surface area (Å²) >= 11 is 5.80. The highest BCUT2D eigenvalue weighted by molar-refractivity contribution is 6.30. The fourth-order valence-corrected chi connectivity index (χ4v) is 2.47. The number of benzene rings is 2. The molecule has 1 aromatic heterocycles. The molecule has 0 bridgehead atoms. The first-order valence-electron chi connectivity index (χ1n) is 7.62. The molecule has 0 fully saturated rings. The second-order valence-corrected chi connectivity index (χ2v) is 5.93. The Bertz CT molecular complexity index is 1090. The molecule has 3 aromatic rings. The minimum atomic E-state index is -1.47. The van der Waals surface area contributed by atoms with Crippen molar-refractivity contribution in [1.29, 1.82) is 0 Å². The van der Waals surface area contributed by atoms with Gasteiger partial charge >= 0.3 is 11.7 Å². The lowest BCUT2D eigenvalue weighted by Gasteiger charge is -2.10. The molecule has 1 heterocycles. The molecule has 0 aliphatic rings. The van der Waals surface area contributed by atoms with E-state index in [1.807, 2.05) is 4.98 Å². The lowest BCUT2D eigenvalue weighted by atomic mass is 10.2. The van der Waals surface area contributed by atoms with Crippen molar-refractivity contribution < 1.29 is 19.0 Å². The third kappa shape index (κ3) is 4.06. The molecule has 27 heavy (non-hydrogen) atoms. The number of nitrogens with one attached hydrogen (secondary N) is 1. The summed E-state index contributed by atoms with van der Waals surface area (Å²) in [5.74, 6) is -2.15. The number of nitrogens with zero attached hydrogens (tertiary/aromatic N) is 1. The second kappa shape index (κ2) is 7.46. The molecule has 9 heteroatoms. The van der Waals surface area contributed by atoms with Crippen molar-refractivity contribution in [2.24, 2.45) is 0 Å². The first kappa shape index (κ1) is 18.4. The van der Waals surface area contributed by atoms with Crippen molar-refractivity contribution in [1.82, 2.24) is 9.55 Å². The van der Waals surface area contributed by atoms with Gasteiger partial charge in [0.15, 0.2) is 5.82 Å². The summed E-state index contributed by atoms with van der Waals surface area (Å²) in [7, 11) is 0. The summed E-state index contributed by atoms with van der Waals surface area (Å²) in [6, 6.07) is 11.2. The van der Waals surface area contributed by atoms with Gasteiger partial charge in [-0.05, 0) is 29.8 Å². The molecule has 2 N–H and O–H groups in total. The molecule has 2 aromatic carbocycles. The lowest BCUT2D eigenvalue weighted by Crippen LogP contribution is -2.35. The fourth-order valence-electron chi connectivity index (χ4n) is 2.34. The number of aromatic amines is 1. The Morgan fingerprint density at radius 2 is 1.85 bits per heavy atom. The maximum absolute atomic E-state index is 14.4. The van der Waals surface area contributed by atoms with Crippen LogP contribution in [0.4, 0.5) is 4.39 Å². The lowest BCUT2D eigenvalue weighted by molar-refractivity contribution is 0.0689. The molecule has 0 spiro atoms. The monoisotopic (exact) mass is 390 g/mol. The molecule has 0 amide bonds. The Morgan fingerprint density at radius 1 is 1.15 bits per heavy atom. The van der Waals surface area contributed by atoms with Crippen LogP contribution in [0.1, 0.15) is 16.1 Å². The van der Waals surface area contributed by atoms with Crippen LogP contribution >= 0.6 is 11.6 Å². The van der Waals surface area contributed by atoms with E-state index in [0.717, 1.165) is 11.6 Å². The largest absolute Gasteiger partial charge is 0.489 e. The van der Waals surface area contributed by atoms with Crippen LogP contribution in [0, 0.1) is 5.82 Å². The zero-order valence-corrected chi connectivity index (χ0v) is 14.4. The molecule has 0 aliphatic carbocycles. The predicted molar refractivity (Wildman–Crippen MR) is 95.4 cm³/mol. The fraction of sp³-hybridized carbons (Fsp3) is 0.0556. The molecule has 0 atom stereocenters. The highest BCUT2D eigenvalue weighted by atomic mass is 35.5. The number of hydrogen-bond acceptors (Lipinski definition) is 4. The van der Waals surface area contributed by atoms with E-state index in [4.69, 9.17) is 21.4 Å². The van der Waals surface area contributed by atoms with Crippen molar-refractivity contribution in [2.45, 2.75) is 6.61 Å². The Balaban J connectivity index is 1.87. The molecule has 3 rings (SSSR count). The number of ether oxygens (including phenoxy) is 1. The van der Waals surface area contributed by atoms with Crippen LogP contribution < -0.4 is 16.0 Å². The Hall–Kier alpha value is -3.39. The first-order valence-corrected chi connectivity index (χ1v) is 8.00. The van der Waals surface area contributed by atoms with E-state index in [1.165, 1.54) is 12.1 Å². The van der Waals surface area contributed by atoms with Crippen molar-refractivity contribution >= 4 is 17.6 Å². The van der Waals surface area contributed by atoms with Crippen LogP contribution in [0.5, 0.6) is 5.75 Å². The van der Waals surface area contributed by atoms with Gasteiger partial charge in [-0.15, -0.1) is 0 Å². The van der Waals surface area contributed by atoms with Crippen LogP contribution in [-0.4, -0.2) is 20.6 Å². The van der Waals surface area contributed by atoms with Gasteiger partial charge in [0, 0.05) is 17.2 Å². The summed E-state index contributed by atoms with van der Waals surface area (Å²) in [5, 5.41) is 9.42. The molecular weight excluding hydrogens is 379 g/mol. The predicted octanol–water partition coefficient (Wildman–Crippen LogP) is 2.60. The van der Waals surface area contributed by atoms with E-state index in [2.05, 4.69) is 0 Å². The van der Waals surface area contributed by atoms with E-state index in [9.17, 15) is 18.8 Å². The average Bonchev–Trinajstić information content (AvgIpc) is 2.62. The van der Waals surface area contributed by atoms with Crippen molar-refractivity contribution in [3.63, 3.8) is 0 Å². The minimum absolute atomic E-state index is 0.170. The number of H-pyrrole nitrogens is 1. The number of carbonyl (C=O) groups is 1. The smallest absolute Gasteiger partial charge is 0.352 e. The number of carboxylic acid groups (broad SMARTS) is 1. The molecule has 0 unspecified atom stereocenters. The normalized spacial score (nSPS) is 10.6. The summed E-state index contributed by atoms with van der Waals surface area (Å²) in [6.07, 6.45) is 0. The Morgan fingerprint density at radius 3 is 2.44 bits per heavy atom. The second-order valence-electron chi connectivity index (χ2n) is 5.50. The third-order valence-corrected chi connectivity index (χ3v) is 3.89. The molecule has 138 valence electrons. The quantitative estimate of drug-likeness (QED) is 0.697. The molecule has 0 aliphatic heterocycles. The minimum Gasteiger partial charge on any atom is -0.489 e. The van der Waals surface area contributed by atoms with Gasteiger partial charge in [-0.1, -0.05) is 23.7 Å². The Kier molecular flexibility index (Phi) is 5.09. The van der Waals surface area contributed by atoms with Crippen LogP contribution in [0.2, 0.25) is 5.02 Å². The molecule has 0 saturated heterocycles. The van der Waals surface area contributed by atoms with Gasteiger partial charge in [-0.2, -0.15) is 0 Å². The van der Waals surface area contributed by atoms with Crippen molar-refractivity contribution in [3.05, 3.63) is 91.5 Å². The van der Waals surface area contributed by atoms with Gasteiger partial charge in [0.05, 0.1) is 5.69 Å². The zero-order chi connectivity index (χ0) is 19.6. The van der Waals surface area contributed by atoms with Crippen LogP contribution in [-0.2, 0) is 6.61 Å². The van der Waals surface area contributed by atoms with Gasteiger partial charge in [0.1, 0.15) is 18.1 Å². The SMILES string of the molecule is O=C(O)c1cc(=O)n(-c2ccc(OCc3ccc(Cl)cc3)cc2F)c(=O)[nH]1. The first-order chi connectivity index (χ1) is 12.8. The summed E-state index contributed by atoms with van der Waals surface area (Å²) in [4.78, 5) is 36.9. The maximum Gasteiger partial charge on any atom is 0.352 e. The van der Waals surface area contributed by atoms with Gasteiger partial charge in [-0.3, -0.25) is 4.79 Å². The number of aromatic nitrogens is 2. The van der Waals surface area contributed by atoms with Crippen LogP contribution in [0.25, 0.3) is 5.69 Å². The third-order valence-electron chi connectivity index (χ3n) is 3.64. The number of rotatable bonds is 5. The Labute approximate surface area is 156 Å². The van der Waals surface area contributed by atoms with Crippen LogP contribution in [0.3, 0.4) is 0 Å². The summed E-state index contributed by atoms with van der Waals surface area (Å²) in [6.45, 7) is 0.170. The van der Waals surface area contributed by atoms with Crippen molar-refractivity contribution in [2.75, 3.05) is 0 Å². The topological polar surface area (TPSA) is 101 Å². The maximum atomic E-state index is 14.4. The van der Waals surface area contributed by atoms with E-state index < -0.39 is 28.7 Å². The highest BCUT2D eigenvalue weighted by Gasteiger charge is 2.14. The van der Waals surface area contributed by atoms with E-state index in [1.54, 1.807) is 24.3 Å². The number of hydrogen-bond donors (Lipinski definition) is 2. The average molecular weight is 391 g/mol. The van der Waals surface area contributed by atoms with Gasteiger partial charge in [0.2, 0.25) is 0 Å². The number of halogens is 2. The van der Waals surface area contributed by atoms with Crippen LogP contribution in [0.15, 0.2) is 58.1 Å². The number of aromatic carboxylic acids is 1. The van der Waals surface area contributed by atoms with Gasteiger partial charge in [0.25, 0.3) is 5.56 Å². The van der Waals surface area contributed by atoms with E-state index >= 15 is 0 Å². The molecule has 0 radical (unpaired) electrons. The summed E-state index contributed by atoms with van der Waals surface area (Å²) in [5.41, 5.74) is -2.11. The molecule has 7 nitrogen and oxygen atoms in total. The van der Waals surface area contributed by atoms with E-state index in [-0.39, 0.29) is 18.0 Å². The van der Waals surface area contributed by atoms with E-state index in [0.29, 0.717) is 15.7 Å². The summed E-state index contributed by atoms with van der Waals surface area (Å²) < 4.78 is 20.4. The number of carboxylic acids is 1.